The van der Waals surface area contributed by atoms with Crippen molar-refractivity contribution in [1.29, 1.82) is 0 Å². The molecule has 5 nitrogen and oxygen atoms in total. The standard InChI is InChI=1S/C28H30N4O/c1-3-13-33-24-8-10-27-25(17-24)21(18-30-27)5-4-6-28-29-12-11-23(32-28)16-20-7-9-26-22(15-20)14-19(2)31-26/h7-12,14-15,17-18,30-31H,3-6,13,16H2,1-2H3. The molecule has 3 aromatic heterocycles. The lowest BCUT2D eigenvalue weighted by Gasteiger charge is -2.06. The Balaban J connectivity index is 1.23. The Labute approximate surface area is 194 Å². The third-order valence-corrected chi connectivity index (χ3v) is 6.03. The molecule has 0 atom stereocenters. The summed E-state index contributed by atoms with van der Waals surface area (Å²) in [6.45, 7) is 4.96. The molecule has 0 radical (unpaired) electrons. The van der Waals surface area contributed by atoms with E-state index in [2.05, 4.69) is 71.4 Å². The summed E-state index contributed by atoms with van der Waals surface area (Å²) >= 11 is 0. The van der Waals surface area contributed by atoms with Gasteiger partial charge in [0.15, 0.2) is 0 Å². The van der Waals surface area contributed by atoms with Crippen LogP contribution in [-0.4, -0.2) is 26.5 Å². The highest BCUT2D eigenvalue weighted by Gasteiger charge is 2.08. The number of benzene rings is 2. The fourth-order valence-corrected chi connectivity index (χ4v) is 4.42. The first-order valence-electron chi connectivity index (χ1n) is 11.8. The van der Waals surface area contributed by atoms with Gasteiger partial charge in [-0.2, -0.15) is 0 Å². The van der Waals surface area contributed by atoms with Crippen molar-refractivity contribution in [1.82, 2.24) is 19.9 Å². The molecular weight excluding hydrogens is 408 g/mol. The van der Waals surface area contributed by atoms with Crippen molar-refractivity contribution >= 4 is 21.8 Å². The molecule has 168 valence electrons. The van der Waals surface area contributed by atoms with Gasteiger partial charge in [0.2, 0.25) is 0 Å². The van der Waals surface area contributed by atoms with Crippen molar-refractivity contribution in [2.45, 2.75) is 46.0 Å². The predicted molar refractivity (Wildman–Crippen MR) is 134 cm³/mol. The Bertz CT molecular complexity index is 1380. The van der Waals surface area contributed by atoms with Crippen LogP contribution in [0.1, 0.15) is 48.1 Å². The fourth-order valence-electron chi connectivity index (χ4n) is 4.42. The maximum atomic E-state index is 5.81. The van der Waals surface area contributed by atoms with Gasteiger partial charge in [-0.25, -0.2) is 9.97 Å². The number of ether oxygens (including phenoxy) is 1. The Kier molecular flexibility index (Phi) is 6.11. The minimum Gasteiger partial charge on any atom is -0.494 e. The predicted octanol–water partition coefficient (Wildman–Crippen LogP) is 6.30. The highest BCUT2D eigenvalue weighted by Crippen LogP contribution is 2.25. The van der Waals surface area contributed by atoms with E-state index in [1.807, 2.05) is 18.3 Å². The zero-order chi connectivity index (χ0) is 22.6. The van der Waals surface area contributed by atoms with E-state index >= 15 is 0 Å². The fraction of sp³-hybridized carbons (Fsp3) is 0.286. The molecule has 0 aliphatic rings. The largest absolute Gasteiger partial charge is 0.494 e. The normalized spacial score (nSPS) is 11.5. The molecule has 3 heterocycles. The Morgan fingerprint density at radius 1 is 0.970 bits per heavy atom. The van der Waals surface area contributed by atoms with Gasteiger partial charge < -0.3 is 14.7 Å². The van der Waals surface area contributed by atoms with Crippen molar-refractivity contribution < 1.29 is 4.74 Å². The quantitative estimate of drug-likeness (QED) is 0.284. The average Bonchev–Trinajstić information content (AvgIpc) is 3.39. The molecule has 0 bridgehead atoms. The topological polar surface area (TPSA) is 66.6 Å². The summed E-state index contributed by atoms with van der Waals surface area (Å²) in [5.41, 5.74) is 7.18. The van der Waals surface area contributed by atoms with Gasteiger partial charge in [-0.1, -0.05) is 13.0 Å². The molecular formula is C28H30N4O. The number of hydrogen-bond donors (Lipinski definition) is 2. The zero-order valence-corrected chi connectivity index (χ0v) is 19.3. The van der Waals surface area contributed by atoms with Crippen molar-refractivity contribution in [3.8, 4) is 5.75 Å². The molecule has 5 rings (SSSR count). The van der Waals surface area contributed by atoms with Crippen LogP contribution in [0.3, 0.4) is 0 Å². The summed E-state index contributed by atoms with van der Waals surface area (Å²) in [6.07, 6.45) is 8.68. The van der Waals surface area contributed by atoms with Gasteiger partial charge in [-0.05, 0) is 85.2 Å². The van der Waals surface area contributed by atoms with Gasteiger partial charge in [0.05, 0.1) is 6.61 Å². The molecule has 0 aliphatic carbocycles. The number of rotatable bonds is 9. The van der Waals surface area contributed by atoms with E-state index < -0.39 is 0 Å². The third kappa shape index (κ3) is 4.92. The van der Waals surface area contributed by atoms with E-state index in [1.165, 1.54) is 33.1 Å². The summed E-state index contributed by atoms with van der Waals surface area (Å²) in [5.74, 6) is 1.85. The average molecular weight is 439 g/mol. The van der Waals surface area contributed by atoms with E-state index in [-0.39, 0.29) is 0 Å². The van der Waals surface area contributed by atoms with Crippen LogP contribution in [0.15, 0.2) is 60.9 Å². The Hall–Kier alpha value is -3.60. The molecule has 0 saturated carbocycles. The molecule has 0 aliphatic heterocycles. The van der Waals surface area contributed by atoms with Crippen LogP contribution in [0.25, 0.3) is 21.8 Å². The molecule has 0 fully saturated rings. The number of H-pyrrole nitrogens is 2. The monoisotopic (exact) mass is 438 g/mol. The van der Waals surface area contributed by atoms with Gasteiger partial charge in [0.25, 0.3) is 0 Å². The number of fused-ring (bicyclic) bond motifs is 2. The van der Waals surface area contributed by atoms with E-state index in [1.54, 1.807) is 0 Å². The van der Waals surface area contributed by atoms with Gasteiger partial charge in [-0.3, -0.25) is 0 Å². The van der Waals surface area contributed by atoms with Gasteiger partial charge >= 0.3 is 0 Å². The highest BCUT2D eigenvalue weighted by atomic mass is 16.5. The van der Waals surface area contributed by atoms with Crippen molar-refractivity contribution in [2.75, 3.05) is 6.61 Å². The maximum Gasteiger partial charge on any atom is 0.128 e. The third-order valence-electron chi connectivity index (χ3n) is 6.03. The SMILES string of the molecule is CCCOc1ccc2[nH]cc(CCCc3nccc(Cc4ccc5[nH]c(C)cc5c4)n3)c2c1. The summed E-state index contributed by atoms with van der Waals surface area (Å²) in [5, 5.41) is 2.50. The molecule has 2 aromatic carbocycles. The number of aromatic nitrogens is 4. The van der Waals surface area contributed by atoms with Crippen LogP contribution in [0.2, 0.25) is 0 Å². The summed E-state index contributed by atoms with van der Waals surface area (Å²) < 4.78 is 5.81. The molecule has 0 saturated heterocycles. The minimum atomic E-state index is 0.748. The first-order chi connectivity index (χ1) is 16.2. The molecule has 5 aromatic rings. The first-order valence-corrected chi connectivity index (χ1v) is 11.8. The molecule has 33 heavy (non-hydrogen) atoms. The second-order valence-electron chi connectivity index (χ2n) is 8.74. The summed E-state index contributed by atoms with van der Waals surface area (Å²) in [7, 11) is 0. The second kappa shape index (κ2) is 9.49. The van der Waals surface area contributed by atoms with Crippen molar-refractivity contribution in [2.24, 2.45) is 0 Å². The van der Waals surface area contributed by atoms with E-state index in [4.69, 9.17) is 9.72 Å². The minimum absolute atomic E-state index is 0.748. The van der Waals surface area contributed by atoms with Gasteiger partial charge in [-0.15, -0.1) is 0 Å². The molecule has 5 heteroatoms. The number of nitrogens with one attached hydrogen (secondary N) is 2. The highest BCUT2D eigenvalue weighted by molar-refractivity contribution is 5.84. The first kappa shape index (κ1) is 21.3. The molecule has 2 N–H and O–H groups in total. The number of aromatic amines is 2. The summed E-state index contributed by atoms with van der Waals surface area (Å²) in [4.78, 5) is 16.1. The van der Waals surface area contributed by atoms with Crippen molar-refractivity contribution in [3.63, 3.8) is 0 Å². The smallest absolute Gasteiger partial charge is 0.128 e. The number of nitrogens with zero attached hydrogens (tertiary/aromatic N) is 2. The van der Waals surface area contributed by atoms with Gasteiger partial charge in [0, 0.05) is 53.0 Å². The molecule has 0 amide bonds. The lowest BCUT2D eigenvalue weighted by Crippen LogP contribution is -2.01. The van der Waals surface area contributed by atoms with E-state index in [0.29, 0.717) is 0 Å². The molecule has 0 spiro atoms. The van der Waals surface area contributed by atoms with E-state index in [9.17, 15) is 0 Å². The van der Waals surface area contributed by atoms with Crippen LogP contribution in [-0.2, 0) is 19.3 Å². The Morgan fingerprint density at radius 2 is 1.88 bits per heavy atom. The number of hydrogen-bond acceptors (Lipinski definition) is 3. The van der Waals surface area contributed by atoms with Gasteiger partial charge in [0.1, 0.15) is 11.6 Å². The Morgan fingerprint density at radius 3 is 2.79 bits per heavy atom. The molecule has 0 unspecified atom stereocenters. The van der Waals surface area contributed by atoms with Crippen molar-refractivity contribution in [3.05, 3.63) is 89.3 Å². The maximum absolute atomic E-state index is 5.81. The van der Waals surface area contributed by atoms with Crippen LogP contribution in [0.4, 0.5) is 0 Å². The van der Waals surface area contributed by atoms with Crippen LogP contribution in [0.5, 0.6) is 5.75 Å². The van der Waals surface area contributed by atoms with E-state index in [0.717, 1.165) is 61.5 Å². The van der Waals surface area contributed by atoms with Crippen LogP contribution in [0, 0.1) is 6.92 Å². The van der Waals surface area contributed by atoms with Crippen LogP contribution >= 0.6 is 0 Å². The lowest BCUT2D eigenvalue weighted by molar-refractivity contribution is 0.318. The van der Waals surface area contributed by atoms with Crippen LogP contribution < -0.4 is 4.74 Å². The second-order valence-corrected chi connectivity index (χ2v) is 8.74. The zero-order valence-electron chi connectivity index (χ0n) is 19.3. The lowest BCUT2D eigenvalue weighted by atomic mass is 10.1. The number of aryl methyl sites for hydroxylation is 3. The summed E-state index contributed by atoms with van der Waals surface area (Å²) in [6, 6.07) is 17.1.